The third-order valence-electron chi connectivity index (χ3n) is 4.15. The van der Waals surface area contributed by atoms with Crippen LogP contribution in [0.25, 0.3) is 0 Å². The number of rotatable bonds is 6. The molecule has 0 spiro atoms. The lowest BCUT2D eigenvalue weighted by Gasteiger charge is -2.33. The molecule has 0 radical (unpaired) electrons. The minimum Gasteiger partial charge on any atom is -0.312 e. The van der Waals surface area contributed by atoms with Crippen LogP contribution in [0.1, 0.15) is 52.4 Å². The van der Waals surface area contributed by atoms with Crippen LogP contribution in [0.3, 0.4) is 0 Å². The van der Waals surface area contributed by atoms with Crippen molar-refractivity contribution in [2.24, 2.45) is 5.92 Å². The molecular formula is C14H28N2. The zero-order valence-electron chi connectivity index (χ0n) is 11.0. The lowest BCUT2D eigenvalue weighted by molar-refractivity contribution is 0.192. The van der Waals surface area contributed by atoms with Crippen molar-refractivity contribution in [3.8, 4) is 0 Å². The summed E-state index contributed by atoms with van der Waals surface area (Å²) in [5.74, 6) is 0.828. The molecule has 1 saturated heterocycles. The van der Waals surface area contributed by atoms with Crippen molar-refractivity contribution in [1.29, 1.82) is 0 Å². The fraction of sp³-hybridized carbons (Fsp3) is 1.00. The van der Waals surface area contributed by atoms with Gasteiger partial charge in [0.1, 0.15) is 0 Å². The molecule has 0 aromatic carbocycles. The van der Waals surface area contributed by atoms with Gasteiger partial charge >= 0.3 is 0 Å². The van der Waals surface area contributed by atoms with Gasteiger partial charge in [0.05, 0.1) is 0 Å². The first-order valence-electron chi connectivity index (χ1n) is 7.23. The molecule has 0 bridgehead atoms. The van der Waals surface area contributed by atoms with E-state index < -0.39 is 0 Å². The minimum atomic E-state index is 0.795. The Bertz CT molecular complexity index is 193. The van der Waals surface area contributed by atoms with Gasteiger partial charge in [0.2, 0.25) is 0 Å². The zero-order valence-corrected chi connectivity index (χ0v) is 11.0. The summed E-state index contributed by atoms with van der Waals surface area (Å²) in [6.07, 6.45) is 8.45. The third kappa shape index (κ3) is 3.46. The Morgan fingerprint density at radius 1 is 1.12 bits per heavy atom. The van der Waals surface area contributed by atoms with Crippen molar-refractivity contribution in [2.45, 2.75) is 64.5 Å². The van der Waals surface area contributed by atoms with Crippen LogP contribution < -0.4 is 5.32 Å². The quantitative estimate of drug-likeness (QED) is 0.746. The Morgan fingerprint density at radius 3 is 2.31 bits per heavy atom. The van der Waals surface area contributed by atoms with Gasteiger partial charge in [-0.2, -0.15) is 0 Å². The zero-order chi connectivity index (χ0) is 11.4. The molecule has 1 N–H and O–H groups in total. The van der Waals surface area contributed by atoms with E-state index in [1.165, 1.54) is 58.2 Å². The Hall–Kier alpha value is -0.0800. The van der Waals surface area contributed by atoms with E-state index in [-0.39, 0.29) is 0 Å². The average Bonchev–Trinajstić information content (AvgIpc) is 2.65. The monoisotopic (exact) mass is 224 g/mol. The van der Waals surface area contributed by atoms with Gasteiger partial charge in [-0.25, -0.2) is 0 Å². The molecule has 1 unspecified atom stereocenters. The summed E-state index contributed by atoms with van der Waals surface area (Å²) in [6, 6.07) is 1.64. The maximum absolute atomic E-state index is 3.76. The highest BCUT2D eigenvalue weighted by atomic mass is 15.2. The molecule has 2 fully saturated rings. The van der Waals surface area contributed by atoms with E-state index in [9.17, 15) is 0 Å². The van der Waals surface area contributed by atoms with Gasteiger partial charge in [0.15, 0.2) is 0 Å². The molecule has 0 aromatic heterocycles. The largest absolute Gasteiger partial charge is 0.312 e. The number of likely N-dealkylation sites (tertiary alicyclic amines) is 1. The molecule has 1 atom stereocenters. The maximum atomic E-state index is 3.76. The van der Waals surface area contributed by atoms with E-state index in [2.05, 4.69) is 24.1 Å². The van der Waals surface area contributed by atoms with Crippen molar-refractivity contribution in [2.75, 3.05) is 19.6 Å². The van der Waals surface area contributed by atoms with Gasteiger partial charge < -0.3 is 5.32 Å². The van der Waals surface area contributed by atoms with Crippen LogP contribution in [0.5, 0.6) is 0 Å². The molecule has 2 nitrogen and oxygen atoms in total. The van der Waals surface area contributed by atoms with Crippen molar-refractivity contribution in [3.05, 3.63) is 0 Å². The highest BCUT2D eigenvalue weighted by Crippen LogP contribution is 2.20. The van der Waals surface area contributed by atoms with Crippen molar-refractivity contribution in [1.82, 2.24) is 10.2 Å². The fourth-order valence-corrected chi connectivity index (χ4v) is 2.93. The highest BCUT2D eigenvalue weighted by molar-refractivity contribution is 4.83. The molecule has 0 aromatic rings. The molecule has 0 amide bonds. The molecule has 1 aliphatic heterocycles. The molecule has 2 rings (SSSR count). The topological polar surface area (TPSA) is 15.3 Å². The third-order valence-corrected chi connectivity index (χ3v) is 4.15. The highest BCUT2D eigenvalue weighted by Gasteiger charge is 2.24. The van der Waals surface area contributed by atoms with Crippen LogP contribution in [-0.4, -0.2) is 36.6 Å². The van der Waals surface area contributed by atoms with Gasteiger partial charge in [-0.3, -0.25) is 4.90 Å². The number of nitrogens with zero attached hydrogens (tertiary/aromatic N) is 1. The van der Waals surface area contributed by atoms with Crippen LogP contribution in [0, 0.1) is 5.92 Å². The number of nitrogens with one attached hydrogen (secondary N) is 1. The summed E-state index contributed by atoms with van der Waals surface area (Å²) in [5, 5.41) is 3.76. The van der Waals surface area contributed by atoms with Crippen LogP contribution in [0.4, 0.5) is 0 Å². The SMILES string of the molecule is CC(C)CC(CNC1CCC1)N1CCCC1. The van der Waals surface area contributed by atoms with Crippen LogP contribution in [-0.2, 0) is 0 Å². The summed E-state index contributed by atoms with van der Waals surface area (Å²) in [4.78, 5) is 2.71. The van der Waals surface area contributed by atoms with Crippen molar-refractivity contribution in [3.63, 3.8) is 0 Å². The second-order valence-corrected chi connectivity index (χ2v) is 6.06. The summed E-state index contributed by atoms with van der Waals surface area (Å²) in [5.41, 5.74) is 0. The average molecular weight is 224 g/mol. The molecular weight excluding hydrogens is 196 g/mol. The van der Waals surface area contributed by atoms with Gasteiger partial charge in [0, 0.05) is 18.6 Å². The Kier molecular flexibility index (Phi) is 4.66. The molecule has 2 heteroatoms. The molecule has 16 heavy (non-hydrogen) atoms. The van der Waals surface area contributed by atoms with E-state index in [0.717, 1.165) is 18.0 Å². The van der Waals surface area contributed by atoms with E-state index in [1.807, 2.05) is 0 Å². The lowest BCUT2D eigenvalue weighted by atomic mass is 9.92. The second kappa shape index (κ2) is 6.02. The van der Waals surface area contributed by atoms with Crippen molar-refractivity contribution < 1.29 is 0 Å². The predicted molar refractivity (Wildman–Crippen MR) is 69.7 cm³/mol. The normalized spacial score (nSPS) is 24.9. The molecule has 1 heterocycles. The summed E-state index contributed by atoms with van der Waals surface area (Å²) in [6.45, 7) is 8.61. The van der Waals surface area contributed by atoms with Crippen LogP contribution >= 0.6 is 0 Å². The van der Waals surface area contributed by atoms with E-state index in [4.69, 9.17) is 0 Å². The van der Waals surface area contributed by atoms with Gasteiger partial charge in [0.25, 0.3) is 0 Å². The Balaban J connectivity index is 1.75. The number of hydrogen-bond acceptors (Lipinski definition) is 2. The smallest absolute Gasteiger partial charge is 0.0223 e. The minimum absolute atomic E-state index is 0.795. The van der Waals surface area contributed by atoms with Crippen molar-refractivity contribution >= 4 is 0 Å². The van der Waals surface area contributed by atoms with E-state index in [1.54, 1.807) is 0 Å². The Labute approximate surface area is 101 Å². The number of hydrogen-bond donors (Lipinski definition) is 1. The standard InChI is InChI=1S/C14H28N2/c1-12(2)10-14(16-8-3-4-9-16)11-15-13-6-5-7-13/h12-15H,3-11H2,1-2H3. The summed E-state index contributed by atoms with van der Waals surface area (Å²) < 4.78 is 0. The second-order valence-electron chi connectivity index (χ2n) is 6.06. The fourth-order valence-electron chi connectivity index (χ4n) is 2.93. The summed E-state index contributed by atoms with van der Waals surface area (Å²) >= 11 is 0. The Morgan fingerprint density at radius 2 is 1.81 bits per heavy atom. The first-order valence-corrected chi connectivity index (χ1v) is 7.23. The molecule has 1 aliphatic carbocycles. The maximum Gasteiger partial charge on any atom is 0.0223 e. The summed E-state index contributed by atoms with van der Waals surface area (Å²) in [7, 11) is 0. The molecule has 94 valence electrons. The lowest BCUT2D eigenvalue weighted by Crippen LogP contribution is -2.46. The van der Waals surface area contributed by atoms with Crippen LogP contribution in [0.2, 0.25) is 0 Å². The van der Waals surface area contributed by atoms with E-state index in [0.29, 0.717) is 0 Å². The first-order chi connectivity index (χ1) is 7.75. The van der Waals surface area contributed by atoms with Gasteiger partial charge in [-0.1, -0.05) is 20.3 Å². The molecule has 1 saturated carbocycles. The predicted octanol–water partition coefficient (Wildman–Crippen LogP) is 2.64. The first kappa shape index (κ1) is 12.4. The van der Waals surface area contributed by atoms with E-state index >= 15 is 0 Å². The molecule has 2 aliphatic rings. The van der Waals surface area contributed by atoms with Gasteiger partial charge in [-0.15, -0.1) is 0 Å². The van der Waals surface area contributed by atoms with Gasteiger partial charge in [-0.05, 0) is 51.1 Å². The van der Waals surface area contributed by atoms with Crippen LogP contribution in [0.15, 0.2) is 0 Å².